The Morgan fingerprint density at radius 2 is 1.74 bits per heavy atom. The van der Waals surface area contributed by atoms with E-state index in [-0.39, 0.29) is 6.04 Å². The minimum atomic E-state index is -5.26. The first-order valence-corrected chi connectivity index (χ1v) is 7.28. The monoisotopic (exact) mass is 295 g/mol. The Labute approximate surface area is 110 Å². The van der Waals surface area contributed by atoms with E-state index in [2.05, 4.69) is 5.32 Å². The lowest BCUT2D eigenvalue weighted by Gasteiger charge is -2.14. The van der Waals surface area contributed by atoms with Gasteiger partial charge in [-0.25, -0.2) is 8.42 Å². The highest BCUT2D eigenvalue weighted by molar-refractivity contribution is 7.92. The maximum Gasteiger partial charge on any atom is 0.501 e. The van der Waals surface area contributed by atoms with Crippen LogP contribution in [0.3, 0.4) is 0 Å². The van der Waals surface area contributed by atoms with Crippen LogP contribution in [0.15, 0.2) is 29.2 Å². The Morgan fingerprint density at radius 3 is 2.11 bits per heavy atom. The number of benzene rings is 1. The molecule has 0 aliphatic carbocycles. The Morgan fingerprint density at radius 1 is 1.21 bits per heavy atom. The maximum absolute atomic E-state index is 12.3. The van der Waals surface area contributed by atoms with Crippen molar-refractivity contribution >= 4 is 9.84 Å². The molecule has 0 aromatic heterocycles. The molecule has 0 saturated carbocycles. The van der Waals surface area contributed by atoms with Crippen LogP contribution < -0.4 is 5.32 Å². The predicted octanol–water partition coefficient (Wildman–Crippen LogP) is 2.52. The Balaban J connectivity index is 2.95. The van der Waals surface area contributed by atoms with E-state index in [1.807, 2.05) is 6.92 Å². The molecule has 7 heteroatoms. The zero-order valence-corrected chi connectivity index (χ0v) is 11.5. The Kier molecular flexibility index (Phi) is 4.98. The van der Waals surface area contributed by atoms with Gasteiger partial charge in [0.15, 0.2) is 0 Å². The van der Waals surface area contributed by atoms with Crippen LogP contribution in [0.5, 0.6) is 0 Å². The standard InChI is InChI=1S/C12H16F3NO2S/c1-3-10(16-2)8-9-4-6-11(7-5-9)19(17,18)12(13,14)15/h4-7,10,16H,3,8H2,1-2H3. The summed E-state index contributed by atoms with van der Waals surface area (Å²) in [5, 5.41) is 3.07. The molecular weight excluding hydrogens is 279 g/mol. The highest BCUT2D eigenvalue weighted by atomic mass is 32.2. The number of rotatable bonds is 5. The van der Waals surface area contributed by atoms with E-state index in [0.29, 0.717) is 6.42 Å². The van der Waals surface area contributed by atoms with E-state index in [4.69, 9.17) is 0 Å². The molecule has 0 aliphatic heterocycles. The van der Waals surface area contributed by atoms with Gasteiger partial charge in [-0.1, -0.05) is 19.1 Å². The highest BCUT2D eigenvalue weighted by Crippen LogP contribution is 2.30. The third-order valence-electron chi connectivity index (χ3n) is 2.92. The van der Waals surface area contributed by atoms with Gasteiger partial charge < -0.3 is 5.32 Å². The van der Waals surface area contributed by atoms with E-state index >= 15 is 0 Å². The fourth-order valence-electron chi connectivity index (χ4n) is 1.67. The number of hydrogen-bond acceptors (Lipinski definition) is 3. The van der Waals surface area contributed by atoms with Crippen molar-refractivity contribution in [3.63, 3.8) is 0 Å². The van der Waals surface area contributed by atoms with Gasteiger partial charge in [0.1, 0.15) is 0 Å². The lowest BCUT2D eigenvalue weighted by Crippen LogP contribution is -2.26. The summed E-state index contributed by atoms with van der Waals surface area (Å²) in [4.78, 5) is -0.721. The number of likely N-dealkylation sites (N-methyl/N-ethyl adjacent to an activating group) is 1. The fraction of sp³-hybridized carbons (Fsp3) is 0.500. The molecule has 0 heterocycles. The summed E-state index contributed by atoms with van der Waals surface area (Å²) in [5.74, 6) is 0. The topological polar surface area (TPSA) is 46.2 Å². The Hall–Kier alpha value is -1.08. The van der Waals surface area contributed by atoms with Crippen molar-refractivity contribution in [3.05, 3.63) is 29.8 Å². The van der Waals surface area contributed by atoms with E-state index in [9.17, 15) is 21.6 Å². The summed E-state index contributed by atoms with van der Waals surface area (Å²) >= 11 is 0. The number of nitrogens with one attached hydrogen (secondary N) is 1. The zero-order chi connectivity index (χ0) is 14.7. The molecule has 0 saturated heterocycles. The normalized spacial score (nSPS) is 14.4. The molecule has 0 aliphatic rings. The summed E-state index contributed by atoms with van der Waals surface area (Å²) in [6.07, 6.45) is 1.51. The van der Waals surface area contributed by atoms with Crippen molar-refractivity contribution in [1.82, 2.24) is 5.32 Å². The fourth-order valence-corrected chi connectivity index (χ4v) is 2.44. The SMILES string of the molecule is CCC(Cc1ccc(S(=O)(=O)C(F)(F)F)cc1)NC. The number of hydrogen-bond donors (Lipinski definition) is 1. The lowest BCUT2D eigenvalue weighted by molar-refractivity contribution is -0.0436. The molecule has 3 nitrogen and oxygen atoms in total. The zero-order valence-electron chi connectivity index (χ0n) is 10.7. The molecule has 108 valence electrons. The predicted molar refractivity (Wildman–Crippen MR) is 66.5 cm³/mol. The van der Waals surface area contributed by atoms with Crippen molar-refractivity contribution in [3.8, 4) is 0 Å². The van der Waals surface area contributed by atoms with E-state index in [1.165, 1.54) is 12.1 Å². The van der Waals surface area contributed by atoms with Gasteiger partial charge >= 0.3 is 5.51 Å². The summed E-state index contributed by atoms with van der Waals surface area (Å²) in [7, 11) is -3.45. The van der Waals surface area contributed by atoms with Gasteiger partial charge in [-0.05, 0) is 37.6 Å². The third kappa shape index (κ3) is 3.70. The van der Waals surface area contributed by atoms with Crippen LogP contribution in [0.4, 0.5) is 13.2 Å². The Bertz CT molecular complexity index is 505. The largest absolute Gasteiger partial charge is 0.501 e. The summed E-state index contributed by atoms with van der Waals surface area (Å²) in [6.45, 7) is 1.99. The molecule has 0 radical (unpaired) electrons. The van der Waals surface area contributed by atoms with Crippen molar-refractivity contribution in [2.24, 2.45) is 0 Å². The van der Waals surface area contributed by atoms with Crippen LogP contribution in [0.1, 0.15) is 18.9 Å². The smallest absolute Gasteiger partial charge is 0.317 e. The maximum atomic E-state index is 12.3. The minimum Gasteiger partial charge on any atom is -0.317 e. The van der Waals surface area contributed by atoms with Gasteiger partial charge in [-0.3, -0.25) is 0 Å². The van der Waals surface area contributed by atoms with Gasteiger partial charge in [-0.15, -0.1) is 0 Å². The van der Waals surface area contributed by atoms with Gasteiger partial charge in [0, 0.05) is 6.04 Å². The second kappa shape index (κ2) is 5.92. The average Bonchev–Trinajstić information content (AvgIpc) is 2.35. The molecule has 0 bridgehead atoms. The van der Waals surface area contributed by atoms with Gasteiger partial charge in [0.25, 0.3) is 9.84 Å². The first kappa shape index (κ1) is 16.0. The van der Waals surface area contributed by atoms with Crippen LogP contribution >= 0.6 is 0 Å². The van der Waals surface area contributed by atoms with E-state index in [0.717, 1.165) is 24.1 Å². The van der Waals surface area contributed by atoms with Crippen LogP contribution in [0, 0.1) is 0 Å². The molecule has 1 N–H and O–H groups in total. The highest BCUT2D eigenvalue weighted by Gasteiger charge is 2.46. The molecule has 19 heavy (non-hydrogen) atoms. The molecule has 0 fully saturated rings. The van der Waals surface area contributed by atoms with Crippen LogP contribution in [0.25, 0.3) is 0 Å². The first-order valence-electron chi connectivity index (χ1n) is 5.80. The molecule has 1 rings (SSSR count). The number of halogens is 3. The van der Waals surface area contributed by atoms with E-state index in [1.54, 1.807) is 7.05 Å². The van der Waals surface area contributed by atoms with Crippen molar-refractivity contribution in [1.29, 1.82) is 0 Å². The molecule has 0 spiro atoms. The van der Waals surface area contributed by atoms with Crippen molar-refractivity contribution in [2.45, 2.75) is 36.2 Å². The van der Waals surface area contributed by atoms with E-state index < -0.39 is 20.2 Å². The van der Waals surface area contributed by atoms with Crippen LogP contribution in [-0.4, -0.2) is 27.0 Å². The summed E-state index contributed by atoms with van der Waals surface area (Å²) in [5.41, 5.74) is -4.46. The van der Waals surface area contributed by atoms with Gasteiger partial charge in [-0.2, -0.15) is 13.2 Å². The molecule has 1 atom stereocenters. The second-order valence-corrected chi connectivity index (χ2v) is 6.13. The van der Waals surface area contributed by atoms with Crippen molar-refractivity contribution < 1.29 is 21.6 Å². The van der Waals surface area contributed by atoms with Crippen molar-refractivity contribution in [2.75, 3.05) is 7.05 Å². The molecule has 0 amide bonds. The average molecular weight is 295 g/mol. The molecule has 1 unspecified atom stereocenters. The van der Waals surface area contributed by atoms with Gasteiger partial charge in [0.05, 0.1) is 4.90 Å². The summed E-state index contributed by atoms with van der Waals surface area (Å²) in [6, 6.07) is 5.04. The third-order valence-corrected chi connectivity index (χ3v) is 4.42. The minimum absolute atomic E-state index is 0.213. The second-order valence-electron chi connectivity index (χ2n) is 4.19. The summed E-state index contributed by atoms with van der Waals surface area (Å²) < 4.78 is 59.3. The quantitative estimate of drug-likeness (QED) is 0.908. The number of alkyl halides is 3. The molecule has 1 aromatic carbocycles. The first-order chi connectivity index (χ1) is 8.72. The lowest BCUT2D eigenvalue weighted by atomic mass is 10.0. The molecule has 1 aromatic rings. The number of sulfone groups is 1. The molecular formula is C12H16F3NO2S. The van der Waals surface area contributed by atoms with Gasteiger partial charge in [0.2, 0.25) is 0 Å². The van der Waals surface area contributed by atoms with Crippen LogP contribution in [0.2, 0.25) is 0 Å². The van der Waals surface area contributed by atoms with Crippen LogP contribution in [-0.2, 0) is 16.3 Å².